The van der Waals surface area contributed by atoms with E-state index in [0.717, 1.165) is 12.1 Å². The maximum absolute atomic E-state index is 13.5. The standard InChI is InChI=1S/C25H27F2N3O5/c1-29(2)23(31)12-16-6-8-20-22(35-16)13-34-21-9-5-15(11-17(21)25(33)30(20)3)28-24(32)14-4-7-18(26)19(27)10-14/h4-5,7,9-11,16,20,22H,6,8,12-13H2,1-3H3,(H,28,32)/t16-,20+,22+/m1/s1. The molecule has 0 bridgehead atoms. The molecule has 3 atom stereocenters. The zero-order valence-electron chi connectivity index (χ0n) is 19.7. The van der Waals surface area contributed by atoms with Crippen molar-refractivity contribution in [3.8, 4) is 5.75 Å². The lowest BCUT2D eigenvalue weighted by molar-refractivity contribution is -0.140. The fourth-order valence-electron chi connectivity index (χ4n) is 4.32. The van der Waals surface area contributed by atoms with E-state index in [1.165, 1.54) is 17.0 Å². The Balaban J connectivity index is 1.50. The van der Waals surface area contributed by atoms with Crippen LogP contribution in [0.2, 0.25) is 0 Å². The Morgan fingerprint density at radius 2 is 1.89 bits per heavy atom. The van der Waals surface area contributed by atoms with E-state index in [-0.39, 0.29) is 48.1 Å². The molecule has 10 heteroatoms. The van der Waals surface area contributed by atoms with Crippen LogP contribution in [0.25, 0.3) is 0 Å². The Bertz CT molecular complexity index is 1160. The van der Waals surface area contributed by atoms with Crippen LogP contribution in [0.15, 0.2) is 36.4 Å². The predicted molar refractivity (Wildman–Crippen MR) is 123 cm³/mol. The van der Waals surface area contributed by atoms with E-state index in [0.29, 0.717) is 24.3 Å². The van der Waals surface area contributed by atoms with Gasteiger partial charge >= 0.3 is 0 Å². The molecular weight excluding hydrogens is 460 g/mol. The fourth-order valence-corrected chi connectivity index (χ4v) is 4.32. The molecule has 0 radical (unpaired) electrons. The summed E-state index contributed by atoms with van der Waals surface area (Å²) < 4.78 is 38.7. The van der Waals surface area contributed by atoms with Gasteiger partial charge in [-0.1, -0.05) is 0 Å². The SMILES string of the molecule is CN(C)C(=O)C[C@H]1CC[C@H]2[C@H](COc3ccc(NC(=O)c4ccc(F)c(F)c4)cc3C(=O)N2C)O1. The number of amides is 3. The number of hydrogen-bond donors (Lipinski definition) is 1. The first kappa shape index (κ1) is 24.6. The van der Waals surface area contributed by atoms with Gasteiger partial charge in [-0.05, 0) is 49.2 Å². The topological polar surface area (TPSA) is 88.2 Å². The van der Waals surface area contributed by atoms with Crippen molar-refractivity contribution in [2.24, 2.45) is 0 Å². The first-order chi connectivity index (χ1) is 16.6. The van der Waals surface area contributed by atoms with Crippen LogP contribution in [0.5, 0.6) is 5.75 Å². The Hall–Kier alpha value is -3.53. The molecular formula is C25H27F2N3O5. The van der Waals surface area contributed by atoms with Crippen LogP contribution < -0.4 is 10.1 Å². The highest BCUT2D eigenvalue weighted by molar-refractivity contribution is 6.05. The summed E-state index contributed by atoms with van der Waals surface area (Å²) in [5, 5.41) is 2.60. The maximum Gasteiger partial charge on any atom is 0.257 e. The van der Waals surface area contributed by atoms with Crippen molar-refractivity contribution in [1.29, 1.82) is 0 Å². The number of likely N-dealkylation sites (N-methyl/N-ethyl adjacent to an activating group) is 1. The second-order valence-electron chi connectivity index (χ2n) is 8.95. The zero-order chi connectivity index (χ0) is 25.3. The van der Waals surface area contributed by atoms with E-state index in [9.17, 15) is 23.2 Å². The zero-order valence-corrected chi connectivity index (χ0v) is 19.7. The van der Waals surface area contributed by atoms with Crippen LogP contribution in [-0.2, 0) is 9.53 Å². The van der Waals surface area contributed by atoms with E-state index in [4.69, 9.17) is 9.47 Å². The van der Waals surface area contributed by atoms with Gasteiger partial charge in [-0.15, -0.1) is 0 Å². The van der Waals surface area contributed by atoms with Gasteiger partial charge in [-0.3, -0.25) is 14.4 Å². The maximum atomic E-state index is 13.5. The smallest absolute Gasteiger partial charge is 0.257 e. The molecule has 0 aromatic heterocycles. The summed E-state index contributed by atoms with van der Waals surface area (Å²) in [6.45, 7) is 0.197. The number of rotatable bonds is 4. The van der Waals surface area contributed by atoms with E-state index in [2.05, 4.69) is 5.32 Å². The van der Waals surface area contributed by atoms with E-state index >= 15 is 0 Å². The molecule has 0 saturated carbocycles. The number of halogens is 2. The summed E-state index contributed by atoms with van der Waals surface area (Å²) in [6, 6.07) is 7.24. The van der Waals surface area contributed by atoms with Gasteiger partial charge in [0.1, 0.15) is 18.5 Å². The highest BCUT2D eigenvalue weighted by Crippen LogP contribution is 2.32. The van der Waals surface area contributed by atoms with Crippen molar-refractivity contribution in [1.82, 2.24) is 9.80 Å². The van der Waals surface area contributed by atoms with Gasteiger partial charge in [-0.2, -0.15) is 0 Å². The third kappa shape index (κ3) is 5.27. The molecule has 0 unspecified atom stereocenters. The molecule has 2 aromatic carbocycles. The molecule has 3 amide bonds. The highest BCUT2D eigenvalue weighted by Gasteiger charge is 2.39. The Kier molecular flexibility index (Phi) is 7.02. The summed E-state index contributed by atoms with van der Waals surface area (Å²) in [7, 11) is 5.09. The first-order valence-corrected chi connectivity index (χ1v) is 11.3. The molecule has 1 fully saturated rings. The molecule has 2 aliphatic heterocycles. The van der Waals surface area contributed by atoms with Crippen molar-refractivity contribution >= 4 is 23.4 Å². The van der Waals surface area contributed by atoms with Gasteiger partial charge in [0.2, 0.25) is 5.91 Å². The lowest BCUT2D eigenvalue weighted by Crippen LogP contribution is -2.53. The van der Waals surface area contributed by atoms with Gasteiger partial charge in [0.05, 0.1) is 24.1 Å². The Morgan fingerprint density at radius 1 is 1.11 bits per heavy atom. The lowest BCUT2D eigenvalue weighted by atomic mass is 9.94. The van der Waals surface area contributed by atoms with E-state index < -0.39 is 23.6 Å². The molecule has 8 nitrogen and oxygen atoms in total. The molecule has 4 rings (SSSR count). The minimum Gasteiger partial charge on any atom is -0.490 e. The monoisotopic (exact) mass is 487 g/mol. The summed E-state index contributed by atoms with van der Waals surface area (Å²) in [6.07, 6.45) is 0.925. The van der Waals surface area contributed by atoms with Gasteiger partial charge in [-0.25, -0.2) is 8.78 Å². The number of benzene rings is 2. The van der Waals surface area contributed by atoms with Crippen molar-refractivity contribution < 1.29 is 32.6 Å². The number of hydrogen-bond acceptors (Lipinski definition) is 5. The fraction of sp³-hybridized carbons (Fsp3) is 0.400. The second kappa shape index (κ2) is 9.99. The Morgan fingerprint density at radius 3 is 2.60 bits per heavy atom. The van der Waals surface area contributed by atoms with Crippen molar-refractivity contribution in [2.75, 3.05) is 33.1 Å². The number of fused-ring (bicyclic) bond motifs is 2. The third-order valence-corrected chi connectivity index (χ3v) is 6.35. The number of nitrogens with one attached hydrogen (secondary N) is 1. The molecule has 2 heterocycles. The van der Waals surface area contributed by atoms with Gasteiger partial charge in [0, 0.05) is 32.4 Å². The van der Waals surface area contributed by atoms with Crippen molar-refractivity contribution in [2.45, 2.75) is 37.5 Å². The van der Waals surface area contributed by atoms with Crippen LogP contribution in [0, 0.1) is 11.6 Å². The number of carbonyl (C=O) groups excluding carboxylic acids is 3. The van der Waals surface area contributed by atoms with Crippen LogP contribution in [0.3, 0.4) is 0 Å². The third-order valence-electron chi connectivity index (χ3n) is 6.35. The summed E-state index contributed by atoms with van der Waals surface area (Å²) in [4.78, 5) is 41.0. The normalized spacial score (nSPS) is 21.7. The van der Waals surface area contributed by atoms with E-state index in [1.807, 2.05) is 0 Å². The molecule has 2 aromatic rings. The van der Waals surface area contributed by atoms with Gasteiger partial charge in [0.25, 0.3) is 11.8 Å². The Labute approximate surface area is 201 Å². The predicted octanol–water partition coefficient (Wildman–Crippen LogP) is 3.08. The van der Waals surface area contributed by atoms with Crippen LogP contribution in [-0.4, -0.2) is 73.5 Å². The summed E-state index contributed by atoms with van der Waals surface area (Å²) in [5.74, 6) is -2.80. The average molecular weight is 488 g/mol. The van der Waals surface area contributed by atoms with Crippen molar-refractivity contribution in [3.63, 3.8) is 0 Å². The second-order valence-corrected chi connectivity index (χ2v) is 8.95. The molecule has 35 heavy (non-hydrogen) atoms. The largest absolute Gasteiger partial charge is 0.490 e. The molecule has 1 N–H and O–H groups in total. The molecule has 1 saturated heterocycles. The van der Waals surface area contributed by atoms with Crippen LogP contribution in [0.1, 0.15) is 40.0 Å². The molecule has 0 aliphatic carbocycles. The minimum absolute atomic E-state index is 0.0204. The lowest BCUT2D eigenvalue weighted by Gasteiger charge is -2.42. The summed E-state index contributed by atoms with van der Waals surface area (Å²) in [5.41, 5.74) is 0.516. The minimum atomic E-state index is -1.13. The molecule has 0 spiro atoms. The van der Waals surface area contributed by atoms with Crippen molar-refractivity contribution in [3.05, 3.63) is 59.2 Å². The number of ether oxygens (including phenoxy) is 2. The van der Waals surface area contributed by atoms with Crippen LogP contribution in [0.4, 0.5) is 14.5 Å². The number of carbonyl (C=O) groups is 3. The quantitative estimate of drug-likeness (QED) is 0.716. The van der Waals surface area contributed by atoms with Gasteiger partial charge < -0.3 is 24.6 Å². The summed E-state index contributed by atoms with van der Waals surface area (Å²) >= 11 is 0. The number of anilines is 1. The molecule has 2 aliphatic rings. The highest BCUT2D eigenvalue weighted by atomic mass is 19.2. The van der Waals surface area contributed by atoms with E-state index in [1.54, 1.807) is 38.2 Å². The molecule has 186 valence electrons. The average Bonchev–Trinajstić information content (AvgIpc) is 2.83. The number of nitrogens with zero attached hydrogens (tertiary/aromatic N) is 2. The van der Waals surface area contributed by atoms with Crippen LogP contribution >= 0.6 is 0 Å². The van der Waals surface area contributed by atoms with Gasteiger partial charge in [0.15, 0.2) is 11.6 Å². The first-order valence-electron chi connectivity index (χ1n) is 11.3.